The maximum absolute atomic E-state index is 6.15. The number of aromatic nitrogens is 2. The van der Waals surface area contributed by atoms with Crippen LogP contribution in [0, 0.1) is 0 Å². The summed E-state index contributed by atoms with van der Waals surface area (Å²) in [7, 11) is 0. The van der Waals surface area contributed by atoms with Crippen LogP contribution >= 0.6 is 11.6 Å². The van der Waals surface area contributed by atoms with Crippen molar-refractivity contribution in [1.82, 2.24) is 14.9 Å². The highest BCUT2D eigenvalue weighted by Gasteiger charge is 2.13. The van der Waals surface area contributed by atoms with Gasteiger partial charge in [-0.25, -0.2) is 9.97 Å². The van der Waals surface area contributed by atoms with E-state index >= 15 is 0 Å². The third-order valence-electron chi connectivity index (χ3n) is 3.38. The van der Waals surface area contributed by atoms with Crippen molar-refractivity contribution < 1.29 is 0 Å². The topological polar surface area (TPSA) is 41.1 Å². The van der Waals surface area contributed by atoms with Crippen LogP contribution < -0.4 is 5.32 Å². The predicted octanol–water partition coefficient (Wildman–Crippen LogP) is 3.61. The second-order valence-electron chi connectivity index (χ2n) is 5.59. The minimum atomic E-state index is 0.542. The molecule has 20 heavy (non-hydrogen) atoms. The van der Waals surface area contributed by atoms with E-state index in [0.717, 1.165) is 37.3 Å². The molecule has 5 heteroatoms. The van der Waals surface area contributed by atoms with E-state index in [-0.39, 0.29) is 0 Å². The first-order valence-corrected chi connectivity index (χ1v) is 7.84. The first-order chi connectivity index (χ1) is 9.47. The van der Waals surface area contributed by atoms with Crippen molar-refractivity contribution in [2.45, 2.75) is 59.5 Å². The second kappa shape index (κ2) is 8.42. The molecule has 114 valence electrons. The van der Waals surface area contributed by atoms with Crippen LogP contribution in [0.4, 0.5) is 5.82 Å². The number of hydrogen-bond donors (Lipinski definition) is 1. The molecule has 1 heterocycles. The average molecular weight is 299 g/mol. The monoisotopic (exact) mass is 298 g/mol. The molecule has 0 atom stereocenters. The maximum Gasteiger partial charge on any atom is 0.137 e. The van der Waals surface area contributed by atoms with Crippen LogP contribution in [0.3, 0.4) is 0 Å². The molecular weight excluding hydrogens is 272 g/mol. The molecule has 0 amide bonds. The largest absolute Gasteiger partial charge is 0.368 e. The molecule has 1 rings (SSSR count). The molecule has 0 aromatic carbocycles. The van der Waals surface area contributed by atoms with Crippen molar-refractivity contribution >= 4 is 17.4 Å². The normalized spacial score (nSPS) is 11.7. The Labute approximate surface area is 127 Å². The van der Waals surface area contributed by atoms with Crippen LogP contribution in [0.5, 0.6) is 0 Å². The summed E-state index contributed by atoms with van der Waals surface area (Å²) in [5.41, 5.74) is 1.03. The molecule has 0 unspecified atom stereocenters. The van der Waals surface area contributed by atoms with Gasteiger partial charge in [-0.05, 0) is 34.1 Å². The van der Waals surface area contributed by atoms with E-state index in [2.05, 4.69) is 54.8 Å². The summed E-state index contributed by atoms with van der Waals surface area (Å²) >= 11 is 6.15. The molecule has 1 aromatic heterocycles. The summed E-state index contributed by atoms with van der Waals surface area (Å²) in [5.74, 6) is 0.874. The first-order valence-electron chi connectivity index (χ1n) is 7.46. The Morgan fingerprint density at radius 1 is 1.20 bits per heavy atom. The van der Waals surface area contributed by atoms with Gasteiger partial charge in [-0.2, -0.15) is 0 Å². The van der Waals surface area contributed by atoms with E-state index in [1.54, 1.807) is 0 Å². The first kappa shape index (κ1) is 17.2. The fourth-order valence-electron chi connectivity index (χ4n) is 2.43. The van der Waals surface area contributed by atoms with Crippen molar-refractivity contribution in [1.29, 1.82) is 0 Å². The Balaban J connectivity index is 2.63. The number of halogens is 1. The minimum Gasteiger partial charge on any atom is -0.368 e. The lowest BCUT2D eigenvalue weighted by Gasteiger charge is -2.30. The minimum absolute atomic E-state index is 0.542. The predicted molar refractivity (Wildman–Crippen MR) is 86.5 cm³/mol. The Hall–Kier alpha value is -0.870. The van der Waals surface area contributed by atoms with Gasteiger partial charge in [0.1, 0.15) is 17.3 Å². The third kappa shape index (κ3) is 4.91. The summed E-state index contributed by atoms with van der Waals surface area (Å²) in [5, 5.41) is 3.97. The van der Waals surface area contributed by atoms with Gasteiger partial charge in [-0.1, -0.05) is 24.9 Å². The van der Waals surface area contributed by atoms with Gasteiger partial charge in [0.15, 0.2) is 0 Å². The van der Waals surface area contributed by atoms with E-state index in [1.165, 1.54) is 6.33 Å². The van der Waals surface area contributed by atoms with Crippen LogP contribution in [-0.2, 0) is 6.42 Å². The van der Waals surface area contributed by atoms with Crippen LogP contribution in [0.15, 0.2) is 6.33 Å². The molecule has 0 radical (unpaired) electrons. The van der Waals surface area contributed by atoms with E-state index in [1.807, 2.05) is 0 Å². The fraction of sp³-hybridized carbons (Fsp3) is 0.733. The van der Waals surface area contributed by atoms with E-state index < -0.39 is 0 Å². The molecule has 0 spiro atoms. The molecule has 4 nitrogen and oxygen atoms in total. The third-order valence-corrected chi connectivity index (χ3v) is 3.71. The van der Waals surface area contributed by atoms with Crippen LogP contribution in [-0.4, -0.2) is 40.0 Å². The number of rotatable bonds is 8. The van der Waals surface area contributed by atoms with Crippen molar-refractivity contribution in [2.75, 3.05) is 18.4 Å². The van der Waals surface area contributed by atoms with Crippen LogP contribution in [0.25, 0.3) is 0 Å². The quantitative estimate of drug-likeness (QED) is 0.744. The van der Waals surface area contributed by atoms with Gasteiger partial charge in [-0.15, -0.1) is 0 Å². The summed E-state index contributed by atoms with van der Waals surface area (Å²) in [6.07, 6.45) is 3.46. The average Bonchev–Trinajstić information content (AvgIpc) is 2.37. The van der Waals surface area contributed by atoms with Gasteiger partial charge in [0, 0.05) is 30.7 Å². The smallest absolute Gasteiger partial charge is 0.137 e. The molecule has 0 saturated heterocycles. The highest BCUT2D eigenvalue weighted by Crippen LogP contribution is 2.21. The second-order valence-corrected chi connectivity index (χ2v) is 5.95. The Morgan fingerprint density at radius 3 is 2.40 bits per heavy atom. The lowest BCUT2D eigenvalue weighted by molar-refractivity contribution is 0.182. The lowest BCUT2D eigenvalue weighted by Crippen LogP contribution is -2.40. The van der Waals surface area contributed by atoms with Crippen molar-refractivity contribution in [3.8, 4) is 0 Å². The van der Waals surface area contributed by atoms with Gasteiger partial charge >= 0.3 is 0 Å². The number of hydrogen-bond acceptors (Lipinski definition) is 4. The standard InChI is InChI=1S/C15H27ClN4/c1-6-7-13-14(16)18-10-19-15(13)17-8-9-20(11(2)3)12(4)5/h10-12H,6-9H2,1-5H3,(H,17,18,19). The zero-order chi connectivity index (χ0) is 15.1. The van der Waals surface area contributed by atoms with E-state index in [9.17, 15) is 0 Å². The van der Waals surface area contributed by atoms with Crippen LogP contribution in [0.1, 0.15) is 46.6 Å². The SMILES string of the molecule is CCCc1c(Cl)ncnc1NCCN(C(C)C)C(C)C. The fourth-order valence-corrected chi connectivity index (χ4v) is 2.66. The van der Waals surface area contributed by atoms with Crippen molar-refractivity contribution in [3.05, 3.63) is 17.0 Å². The molecular formula is C15H27ClN4. The molecule has 0 aliphatic carbocycles. The molecule has 1 aromatic rings. The molecule has 0 saturated carbocycles. The summed E-state index contributed by atoms with van der Waals surface area (Å²) in [4.78, 5) is 10.8. The Morgan fingerprint density at radius 2 is 1.85 bits per heavy atom. The van der Waals surface area contributed by atoms with E-state index in [0.29, 0.717) is 17.2 Å². The Bertz CT molecular complexity index is 399. The van der Waals surface area contributed by atoms with Crippen LogP contribution in [0.2, 0.25) is 5.15 Å². The van der Waals surface area contributed by atoms with Gasteiger partial charge in [0.2, 0.25) is 0 Å². The summed E-state index contributed by atoms with van der Waals surface area (Å²) in [6, 6.07) is 1.08. The van der Waals surface area contributed by atoms with Gasteiger partial charge < -0.3 is 5.32 Å². The van der Waals surface area contributed by atoms with Gasteiger partial charge in [-0.3, -0.25) is 4.90 Å². The van der Waals surface area contributed by atoms with Crippen molar-refractivity contribution in [3.63, 3.8) is 0 Å². The zero-order valence-electron chi connectivity index (χ0n) is 13.3. The number of nitrogens with zero attached hydrogens (tertiary/aromatic N) is 3. The molecule has 0 aliphatic heterocycles. The molecule has 0 fully saturated rings. The maximum atomic E-state index is 6.15. The zero-order valence-corrected chi connectivity index (χ0v) is 14.0. The number of nitrogens with one attached hydrogen (secondary N) is 1. The van der Waals surface area contributed by atoms with E-state index in [4.69, 9.17) is 11.6 Å². The van der Waals surface area contributed by atoms with Gasteiger partial charge in [0.05, 0.1) is 0 Å². The summed E-state index contributed by atoms with van der Waals surface area (Å²) < 4.78 is 0. The molecule has 0 bridgehead atoms. The molecule has 1 N–H and O–H groups in total. The summed E-state index contributed by atoms with van der Waals surface area (Å²) in [6.45, 7) is 12.9. The Kier molecular flexibility index (Phi) is 7.24. The van der Waals surface area contributed by atoms with Crippen molar-refractivity contribution in [2.24, 2.45) is 0 Å². The van der Waals surface area contributed by atoms with Gasteiger partial charge in [0.25, 0.3) is 0 Å². The molecule has 0 aliphatic rings. The number of anilines is 1. The highest BCUT2D eigenvalue weighted by molar-refractivity contribution is 6.30. The highest BCUT2D eigenvalue weighted by atomic mass is 35.5. The lowest BCUT2D eigenvalue weighted by atomic mass is 10.2.